The summed E-state index contributed by atoms with van der Waals surface area (Å²) in [5.41, 5.74) is 14.1. The van der Waals surface area contributed by atoms with Crippen LogP contribution in [0.3, 0.4) is 0 Å². The number of amides is 1. The number of hydrogen-bond acceptors (Lipinski definition) is 8. The predicted octanol–water partition coefficient (Wildman–Crippen LogP) is 1.47. The Morgan fingerprint density at radius 2 is 1.93 bits per heavy atom. The Morgan fingerprint density at radius 1 is 1.17 bits per heavy atom. The van der Waals surface area contributed by atoms with Gasteiger partial charge in [0.25, 0.3) is 5.91 Å². The number of carbonyl (C=O) groups excluding carboxylic acids is 1. The summed E-state index contributed by atoms with van der Waals surface area (Å²) in [4.78, 5) is 24.7. The summed E-state index contributed by atoms with van der Waals surface area (Å²) in [6.45, 7) is 1.86. The summed E-state index contributed by atoms with van der Waals surface area (Å²) in [6, 6.07) is 6.77. The largest absolute Gasteiger partial charge is 0.395 e. The number of nitrogen functional groups attached to an aromatic ring is 1. The van der Waals surface area contributed by atoms with Crippen LogP contribution < -0.4 is 11.5 Å². The number of hydrogen-bond donors (Lipinski definition) is 3. The van der Waals surface area contributed by atoms with Gasteiger partial charge in [0.1, 0.15) is 0 Å². The Bertz CT molecular complexity index is 1430. The maximum absolute atomic E-state index is 12.2. The number of pyridine rings is 1. The maximum atomic E-state index is 12.2. The number of fused-ring (bicyclic) bond motifs is 1. The predicted molar refractivity (Wildman–Crippen MR) is 111 cm³/mol. The van der Waals surface area contributed by atoms with Crippen LogP contribution in [-0.4, -0.2) is 45.7 Å². The zero-order valence-corrected chi connectivity index (χ0v) is 16.9. The zero-order valence-electron chi connectivity index (χ0n) is 16.0. The molecular formula is C19H17N7O3S. The molecule has 0 unspecified atom stereocenters. The number of aromatic nitrogens is 5. The van der Waals surface area contributed by atoms with Crippen molar-refractivity contribution in [3.63, 3.8) is 0 Å². The van der Waals surface area contributed by atoms with Crippen LogP contribution in [-0.2, 0) is 9.84 Å². The van der Waals surface area contributed by atoms with Crippen LogP contribution in [0.2, 0.25) is 0 Å². The molecule has 0 aliphatic rings. The fourth-order valence-electron chi connectivity index (χ4n) is 3.27. The van der Waals surface area contributed by atoms with Crippen molar-refractivity contribution >= 4 is 32.3 Å². The van der Waals surface area contributed by atoms with E-state index in [2.05, 4.69) is 25.1 Å². The van der Waals surface area contributed by atoms with Gasteiger partial charge in [-0.15, -0.1) is 0 Å². The van der Waals surface area contributed by atoms with Gasteiger partial charge in [-0.3, -0.25) is 9.89 Å². The van der Waals surface area contributed by atoms with Gasteiger partial charge in [0, 0.05) is 23.4 Å². The van der Waals surface area contributed by atoms with Crippen LogP contribution in [0.1, 0.15) is 16.1 Å². The van der Waals surface area contributed by atoms with Gasteiger partial charge < -0.3 is 11.5 Å². The van der Waals surface area contributed by atoms with E-state index in [-0.39, 0.29) is 33.5 Å². The molecule has 5 N–H and O–H groups in total. The number of aromatic amines is 1. The zero-order chi connectivity index (χ0) is 21.6. The second kappa shape index (κ2) is 6.88. The average Bonchev–Trinajstić information content (AvgIpc) is 3.16. The molecule has 0 saturated heterocycles. The van der Waals surface area contributed by atoms with Crippen molar-refractivity contribution in [2.75, 3.05) is 12.0 Å². The number of rotatable bonds is 4. The van der Waals surface area contributed by atoms with E-state index < -0.39 is 15.7 Å². The summed E-state index contributed by atoms with van der Waals surface area (Å²) < 4.78 is 24.4. The Kier molecular flexibility index (Phi) is 4.46. The SMILES string of the molecule is Cc1ccc2[nH]ncc2c1-c1nc(-c2cccnc2S(C)(=O)=O)nc(C(N)=O)c1N. The lowest BCUT2D eigenvalue weighted by Gasteiger charge is -2.14. The lowest BCUT2D eigenvalue weighted by molar-refractivity contribution is 0.0996. The second-order valence-corrected chi connectivity index (χ2v) is 8.67. The van der Waals surface area contributed by atoms with Gasteiger partial charge in [-0.25, -0.2) is 23.4 Å². The first kappa shape index (κ1) is 19.5. The molecule has 0 spiro atoms. The number of carbonyl (C=O) groups is 1. The van der Waals surface area contributed by atoms with Crippen molar-refractivity contribution in [3.05, 3.63) is 47.9 Å². The number of nitrogens with zero attached hydrogens (tertiary/aromatic N) is 4. The molecule has 11 heteroatoms. The van der Waals surface area contributed by atoms with Crippen molar-refractivity contribution in [2.24, 2.45) is 5.73 Å². The van der Waals surface area contributed by atoms with Gasteiger partial charge in [0.15, 0.2) is 26.4 Å². The minimum absolute atomic E-state index is 0.00662. The van der Waals surface area contributed by atoms with Crippen molar-refractivity contribution in [1.29, 1.82) is 0 Å². The highest BCUT2D eigenvalue weighted by Crippen LogP contribution is 2.36. The number of nitrogens with one attached hydrogen (secondary N) is 1. The molecule has 0 aliphatic carbocycles. The Morgan fingerprint density at radius 3 is 2.63 bits per heavy atom. The van der Waals surface area contributed by atoms with E-state index in [0.29, 0.717) is 5.56 Å². The molecule has 4 rings (SSSR count). The van der Waals surface area contributed by atoms with Gasteiger partial charge in [-0.05, 0) is 30.7 Å². The van der Waals surface area contributed by atoms with Crippen LogP contribution in [0.25, 0.3) is 33.5 Å². The van der Waals surface area contributed by atoms with Crippen molar-refractivity contribution in [2.45, 2.75) is 11.9 Å². The molecule has 1 aromatic carbocycles. The van der Waals surface area contributed by atoms with Gasteiger partial charge in [0.2, 0.25) is 0 Å². The van der Waals surface area contributed by atoms with E-state index in [1.54, 1.807) is 12.3 Å². The van der Waals surface area contributed by atoms with Gasteiger partial charge >= 0.3 is 0 Å². The first-order chi connectivity index (χ1) is 14.2. The van der Waals surface area contributed by atoms with Crippen molar-refractivity contribution in [1.82, 2.24) is 25.1 Å². The number of benzene rings is 1. The summed E-state index contributed by atoms with van der Waals surface area (Å²) in [7, 11) is -3.69. The number of H-pyrrole nitrogens is 1. The molecule has 10 nitrogen and oxygen atoms in total. The van der Waals surface area contributed by atoms with Crippen LogP contribution >= 0.6 is 0 Å². The average molecular weight is 423 g/mol. The molecule has 0 saturated carbocycles. The molecule has 4 aromatic rings. The van der Waals surface area contributed by atoms with Gasteiger partial charge in [-0.1, -0.05) is 6.07 Å². The van der Waals surface area contributed by atoms with Crippen LogP contribution in [0.15, 0.2) is 41.7 Å². The van der Waals surface area contributed by atoms with E-state index in [1.807, 2.05) is 19.1 Å². The normalized spacial score (nSPS) is 11.7. The fourth-order valence-corrected chi connectivity index (χ4v) is 4.08. The molecule has 0 radical (unpaired) electrons. The fraction of sp³-hybridized carbons (Fsp3) is 0.105. The van der Waals surface area contributed by atoms with Crippen molar-refractivity contribution in [3.8, 4) is 22.6 Å². The highest BCUT2D eigenvalue weighted by Gasteiger charge is 2.24. The summed E-state index contributed by atoms with van der Waals surface area (Å²) >= 11 is 0. The number of primary amides is 1. The molecule has 3 aromatic heterocycles. The first-order valence-electron chi connectivity index (χ1n) is 8.74. The van der Waals surface area contributed by atoms with E-state index >= 15 is 0 Å². The first-order valence-corrected chi connectivity index (χ1v) is 10.6. The number of anilines is 1. The lowest BCUT2D eigenvalue weighted by atomic mass is 9.99. The minimum atomic E-state index is -3.69. The molecule has 0 bridgehead atoms. The van der Waals surface area contributed by atoms with E-state index in [1.165, 1.54) is 12.3 Å². The topological polar surface area (TPSA) is 171 Å². The molecule has 30 heavy (non-hydrogen) atoms. The second-order valence-electron chi connectivity index (χ2n) is 6.74. The number of sulfone groups is 1. The van der Waals surface area contributed by atoms with Gasteiger partial charge in [-0.2, -0.15) is 5.10 Å². The molecule has 0 atom stereocenters. The highest BCUT2D eigenvalue weighted by molar-refractivity contribution is 7.90. The molecule has 0 aliphatic heterocycles. The van der Waals surface area contributed by atoms with Gasteiger partial charge in [0.05, 0.1) is 28.7 Å². The third kappa shape index (κ3) is 3.14. The smallest absolute Gasteiger partial charge is 0.269 e. The summed E-state index contributed by atoms with van der Waals surface area (Å²) in [5.74, 6) is -0.888. The molecule has 3 heterocycles. The Hall–Kier alpha value is -3.86. The van der Waals surface area contributed by atoms with Crippen LogP contribution in [0, 0.1) is 6.92 Å². The van der Waals surface area contributed by atoms with E-state index in [4.69, 9.17) is 11.5 Å². The third-order valence-electron chi connectivity index (χ3n) is 4.61. The van der Waals surface area contributed by atoms with Crippen LogP contribution in [0.5, 0.6) is 0 Å². The van der Waals surface area contributed by atoms with E-state index in [0.717, 1.165) is 22.7 Å². The summed E-state index contributed by atoms with van der Waals surface area (Å²) in [5, 5.41) is 7.45. The standard InChI is InChI=1S/C19H17N7O3S/c1-9-5-6-12-11(8-23-26-12)13(9)15-14(20)16(17(21)27)25-18(24-15)10-4-3-7-22-19(10)30(2,28)29/h3-8H,20H2,1-2H3,(H2,21,27)(H,23,26). The monoisotopic (exact) mass is 423 g/mol. The van der Waals surface area contributed by atoms with Crippen LogP contribution in [0.4, 0.5) is 5.69 Å². The highest BCUT2D eigenvalue weighted by atomic mass is 32.2. The lowest BCUT2D eigenvalue weighted by Crippen LogP contribution is -2.18. The Balaban J connectivity index is 2.11. The number of aryl methyl sites for hydroxylation is 1. The number of nitrogens with two attached hydrogens (primary N) is 2. The van der Waals surface area contributed by atoms with E-state index in [9.17, 15) is 13.2 Å². The molecular weight excluding hydrogens is 406 g/mol. The molecule has 152 valence electrons. The minimum Gasteiger partial charge on any atom is -0.395 e. The maximum Gasteiger partial charge on any atom is 0.269 e. The quantitative estimate of drug-likeness (QED) is 0.443. The molecule has 1 amide bonds. The third-order valence-corrected chi connectivity index (χ3v) is 5.64. The Labute approximate surface area is 171 Å². The molecule has 0 fully saturated rings. The van der Waals surface area contributed by atoms with Crippen molar-refractivity contribution < 1.29 is 13.2 Å². The summed E-state index contributed by atoms with van der Waals surface area (Å²) in [6.07, 6.45) is 4.00.